The standard InChI is InChI=1S/C23H22N4O6S.C5H10O2/c1-12-15-19(29)27(23(2,3)21(30)31)22(32)26(20(15)34-16(12)18-25-9-11-33-18)10-8-13-6-4-5-7-14(13)17(24)28;6-5-1-3-7-4-2-5/h4-7,9,11H,8,10H2,1-3H3,(H2,24,28)(H,30,31);5-6H,1-4H2. The number of carboxylic acids is 1. The summed E-state index contributed by atoms with van der Waals surface area (Å²) in [6.07, 6.45) is 4.68. The Morgan fingerprint density at radius 2 is 1.88 bits per heavy atom. The summed E-state index contributed by atoms with van der Waals surface area (Å²) >= 11 is 1.16. The number of nitrogens with two attached hydrogens (primary N) is 1. The number of aryl methyl sites for hydroxylation is 3. The minimum atomic E-state index is -1.80. The van der Waals surface area contributed by atoms with Crippen LogP contribution < -0.4 is 17.0 Å². The largest absolute Gasteiger partial charge is 0.480 e. The summed E-state index contributed by atoms with van der Waals surface area (Å²) in [7, 11) is 0. The number of aliphatic hydroxyl groups excluding tert-OH is 1. The van der Waals surface area contributed by atoms with Crippen molar-refractivity contribution in [1.82, 2.24) is 14.1 Å². The summed E-state index contributed by atoms with van der Waals surface area (Å²) in [5, 5.41) is 18.8. The average Bonchev–Trinajstić information content (AvgIpc) is 3.57. The van der Waals surface area contributed by atoms with Gasteiger partial charge in [-0.15, -0.1) is 11.3 Å². The Kier molecular flexibility index (Phi) is 8.90. The summed E-state index contributed by atoms with van der Waals surface area (Å²) in [6.45, 7) is 5.86. The number of carboxylic acid groups (broad SMARTS) is 1. The maximum atomic E-state index is 13.5. The molecule has 1 aliphatic rings. The molecule has 4 heterocycles. The number of rotatable bonds is 7. The maximum absolute atomic E-state index is 13.5. The highest BCUT2D eigenvalue weighted by Gasteiger charge is 2.35. The minimum Gasteiger partial charge on any atom is -0.480 e. The zero-order valence-electron chi connectivity index (χ0n) is 23.0. The molecular weight excluding hydrogens is 552 g/mol. The Morgan fingerprint density at radius 1 is 1.20 bits per heavy atom. The normalized spacial score (nSPS) is 14.0. The molecule has 1 saturated heterocycles. The van der Waals surface area contributed by atoms with Crippen molar-refractivity contribution in [1.29, 1.82) is 0 Å². The highest BCUT2D eigenvalue weighted by Crippen LogP contribution is 2.35. The summed E-state index contributed by atoms with van der Waals surface area (Å²) in [6, 6.07) is 6.78. The van der Waals surface area contributed by atoms with Crippen LogP contribution in [0.15, 0.2) is 50.7 Å². The van der Waals surface area contributed by atoms with Crippen molar-refractivity contribution in [2.45, 2.75) is 58.2 Å². The van der Waals surface area contributed by atoms with E-state index in [4.69, 9.17) is 20.0 Å². The van der Waals surface area contributed by atoms with E-state index in [1.54, 1.807) is 31.2 Å². The molecule has 0 saturated carbocycles. The molecule has 13 heteroatoms. The van der Waals surface area contributed by atoms with Crippen molar-refractivity contribution in [2.24, 2.45) is 5.73 Å². The van der Waals surface area contributed by atoms with Crippen LogP contribution >= 0.6 is 11.3 Å². The van der Waals surface area contributed by atoms with E-state index < -0.39 is 28.7 Å². The zero-order valence-corrected chi connectivity index (χ0v) is 23.8. The quantitative estimate of drug-likeness (QED) is 0.294. The van der Waals surface area contributed by atoms with E-state index in [0.29, 0.717) is 32.3 Å². The first-order chi connectivity index (χ1) is 19.4. The van der Waals surface area contributed by atoms with Crippen LogP contribution in [-0.2, 0) is 28.0 Å². The van der Waals surface area contributed by atoms with Gasteiger partial charge in [0.05, 0.1) is 22.6 Å². The molecule has 0 aliphatic carbocycles. The van der Waals surface area contributed by atoms with Gasteiger partial charge in [0.1, 0.15) is 16.6 Å². The van der Waals surface area contributed by atoms with Crippen molar-refractivity contribution >= 4 is 33.4 Å². The van der Waals surface area contributed by atoms with Gasteiger partial charge >= 0.3 is 11.7 Å². The van der Waals surface area contributed by atoms with Gasteiger partial charge in [-0.3, -0.25) is 14.2 Å². The Balaban J connectivity index is 0.000000483. The molecule has 4 N–H and O–H groups in total. The molecule has 0 spiro atoms. The predicted molar refractivity (Wildman–Crippen MR) is 152 cm³/mol. The Morgan fingerprint density at radius 3 is 2.44 bits per heavy atom. The van der Waals surface area contributed by atoms with Gasteiger partial charge in [0, 0.05) is 25.3 Å². The fraction of sp³-hybridized carbons (Fsp3) is 0.393. The van der Waals surface area contributed by atoms with Gasteiger partial charge in [-0.05, 0) is 57.2 Å². The Bertz CT molecular complexity index is 1680. The predicted octanol–water partition coefficient (Wildman–Crippen LogP) is 2.51. The van der Waals surface area contributed by atoms with E-state index >= 15 is 0 Å². The summed E-state index contributed by atoms with van der Waals surface area (Å²) in [5.41, 5.74) is 3.71. The Hall–Kier alpha value is -4.07. The second-order valence-electron chi connectivity index (χ2n) is 10.1. The maximum Gasteiger partial charge on any atom is 0.333 e. The Labute approximate surface area is 238 Å². The number of carbonyl (C=O) groups excluding carboxylic acids is 1. The van der Waals surface area contributed by atoms with Gasteiger partial charge in [-0.1, -0.05) is 18.2 Å². The van der Waals surface area contributed by atoms with Crippen LogP contribution in [0.25, 0.3) is 21.0 Å². The number of primary amides is 1. The molecular formula is C28H32N4O8S. The highest BCUT2D eigenvalue weighted by atomic mass is 32.1. The lowest BCUT2D eigenvalue weighted by Gasteiger charge is -2.23. The van der Waals surface area contributed by atoms with Crippen LogP contribution in [0.5, 0.6) is 0 Å². The van der Waals surface area contributed by atoms with Crippen LogP contribution in [0.1, 0.15) is 48.2 Å². The van der Waals surface area contributed by atoms with Crippen LogP contribution in [0.4, 0.5) is 0 Å². The third-order valence-electron chi connectivity index (χ3n) is 7.00. The second kappa shape index (κ2) is 12.2. The molecule has 1 fully saturated rings. The van der Waals surface area contributed by atoms with E-state index in [1.165, 1.54) is 30.9 Å². The van der Waals surface area contributed by atoms with Gasteiger partial charge in [-0.2, -0.15) is 0 Å². The van der Waals surface area contributed by atoms with Crippen molar-refractivity contribution in [3.63, 3.8) is 0 Å². The fourth-order valence-corrected chi connectivity index (χ4v) is 5.83. The SMILES string of the molecule is Cc1c(-c2ncco2)sc2c1c(=O)n(C(C)(C)C(=O)O)c(=O)n2CCc1ccccc1C(N)=O.OC1CCOCC1. The molecule has 0 radical (unpaired) electrons. The lowest BCUT2D eigenvalue weighted by atomic mass is 10.0. The van der Waals surface area contributed by atoms with Gasteiger partial charge in [0.25, 0.3) is 5.56 Å². The van der Waals surface area contributed by atoms with E-state index in [1.807, 2.05) is 0 Å². The van der Waals surface area contributed by atoms with Crippen LogP contribution in [0.2, 0.25) is 0 Å². The number of amides is 1. The fourth-order valence-electron chi connectivity index (χ4n) is 4.57. The lowest BCUT2D eigenvalue weighted by Crippen LogP contribution is -2.52. The summed E-state index contributed by atoms with van der Waals surface area (Å²) in [4.78, 5) is 55.9. The molecule has 1 aliphatic heterocycles. The number of hydrogen-bond donors (Lipinski definition) is 3. The number of nitrogens with zero attached hydrogens (tertiary/aromatic N) is 3. The second-order valence-corrected chi connectivity index (χ2v) is 11.1. The van der Waals surface area contributed by atoms with E-state index in [0.717, 1.165) is 42.0 Å². The zero-order chi connectivity index (χ0) is 29.9. The number of aliphatic hydroxyl groups is 1. The number of benzene rings is 1. The number of aromatic nitrogens is 3. The van der Waals surface area contributed by atoms with Crippen LogP contribution in [0.3, 0.4) is 0 Å². The smallest absolute Gasteiger partial charge is 0.333 e. The van der Waals surface area contributed by atoms with Crippen molar-refractivity contribution in [2.75, 3.05) is 13.2 Å². The molecule has 1 aromatic carbocycles. The first kappa shape index (κ1) is 29.9. The molecule has 5 rings (SSSR count). The summed E-state index contributed by atoms with van der Waals surface area (Å²) < 4.78 is 12.5. The van der Waals surface area contributed by atoms with Crippen LogP contribution in [-0.4, -0.2) is 55.5 Å². The van der Waals surface area contributed by atoms with Crippen molar-refractivity contribution in [3.05, 3.63) is 74.3 Å². The molecule has 12 nitrogen and oxygen atoms in total. The van der Waals surface area contributed by atoms with E-state index in [9.17, 15) is 24.3 Å². The van der Waals surface area contributed by atoms with Crippen LogP contribution in [0, 0.1) is 6.92 Å². The number of carbonyl (C=O) groups is 2. The highest BCUT2D eigenvalue weighted by molar-refractivity contribution is 7.22. The number of ether oxygens (including phenoxy) is 1. The van der Waals surface area contributed by atoms with Gasteiger partial charge in [0.15, 0.2) is 0 Å². The summed E-state index contributed by atoms with van der Waals surface area (Å²) in [5.74, 6) is -1.62. The van der Waals surface area contributed by atoms with E-state index in [2.05, 4.69) is 4.98 Å². The molecule has 4 aromatic rings. The third kappa shape index (κ3) is 6.01. The topological polar surface area (TPSA) is 180 Å². The first-order valence-corrected chi connectivity index (χ1v) is 13.8. The van der Waals surface area contributed by atoms with Crippen molar-refractivity contribution < 1.29 is 29.0 Å². The first-order valence-electron chi connectivity index (χ1n) is 13.0. The van der Waals surface area contributed by atoms with Crippen molar-refractivity contribution in [3.8, 4) is 10.8 Å². The minimum absolute atomic E-state index is 0.0839. The number of thiophene rings is 1. The third-order valence-corrected chi connectivity index (χ3v) is 8.30. The monoisotopic (exact) mass is 584 g/mol. The molecule has 0 unspecified atom stereocenters. The molecule has 3 aromatic heterocycles. The van der Waals surface area contributed by atoms with Gasteiger partial charge < -0.3 is 25.1 Å². The molecule has 1 amide bonds. The molecule has 0 bridgehead atoms. The average molecular weight is 585 g/mol. The van der Waals surface area contributed by atoms with Gasteiger partial charge in [0.2, 0.25) is 11.8 Å². The van der Waals surface area contributed by atoms with E-state index in [-0.39, 0.29) is 24.5 Å². The molecule has 218 valence electrons. The number of aliphatic carboxylic acids is 1. The number of fused-ring (bicyclic) bond motifs is 1. The molecule has 41 heavy (non-hydrogen) atoms. The lowest BCUT2D eigenvalue weighted by molar-refractivity contribution is -0.146. The van der Waals surface area contributed by atoms with Gasteiger partial charge in [-0.25, -0.2) is 19.1 Å². The number of oxazole rings is 1. The molecule has 0 atom stereocenters. The number of hydrogen-bond acceptors (Lipinski definition) is 9.